The minimum Gasteiger partial charge on any atom is -0.479 e. The van der Waals surface area contributed by atoms with Crippen molar-refractivity contribution >= 4 is 12.3 Å². The molecule has 0 fully saturated rings. The van der Waals surface area contributed by atoms with Gasteiger partial charge in [-0.3, -0.25) is 4.79 Å². The van der Waals surface area contributed by atoms with Gasteiger partial charge < -0.3 is 14.9 Å². The second-order valence-corrected chi connectivity index (χ2v) is 3.48. The lowest BCUT2D eigenvalue weighted by Crippen LogP contribution is -2.15. The molecule has 0 aliphatic carbocycles. The van der Waals surface area contributed by atoms with Crippen molar-refractivity contribution in [3.05, 3.63) is 28.8 Å². The number of aliphatic carboxylic acids is 1. The summed E-state index contributed by atoms with van der Waals surface area (Å²) < 4.78 is 28.2. The number of hydrogen-bond acceptors (Lipinski definition) is 4. The number of hydrogen-bond donors (Lipinski definition) is 2. The molecule has 0 amide bonds. The summed E-state index contributed by atoms with van der Waals surface area (Å²) in [6.45, 7) is -1.67. The summed E-state index contributed by atoms with van der Waals surface area (Å²) in [5, 5.41) is 18.1. The summed E-state index contributed by atoms with van der Waals surface area (Å²) in [7, 11) is 0. The highest BCUT2D eigenvalue weighted by Gasteiger charge is 2.23. The Hall–Kier alpha value is -2.02. The summed E-state index contributed by atoms with van der Waals surface area (Å²) in [4.78, 5) is 21.5. The largest absolute Gasteiger partial charge is 0.479 e. The van der Waals surface area contributed by atoms with Crippen molar-refractivity contribution in [3.63, 3.8) is 0 Å². The van der Waals surface area contributed by atoms with Crippen LogP contribution in [0.5, 0.6) is 5.75 Å². The number of benzene rings is 1. The van der Waals surface area contributed by atoms with E-state index in [0.717, 1.165) is 12.1 Å². The molecule has 0 aliphatic heterocycles. The standard InChI is InChI=1S/C11H10F2O5/c1-5-2-7(18-11(12)13)3-6(4-14)8(5)9(15)10(16)17/h2-4,9,11,15H,1H3,(H,16,17). The summed E-state index contributed by atoms with van der Waals surface area (Å²) in [5.74, 6) is -1.81. The van der Waals surface area contributed by atoms with Crippen LogP contribution in [-0.2, 0) is 4.79 Å². The molecule has 2 N–H and O–H groups in total. The third-order valence-corrected chi connectivity index (χ3v) is 2.25. The average molecular weight is 260 g/mol. The Morgan fingerprint density at radius 2 is 2.06 bits per heavy atom. The molecule has 1 rings (SSSR count). The van der Waals surface area contributed by atoms with Crippen LogP contribution in [0.4, 0.5) is 8.78 Å². The predicted octanol–water partition coefficient (Wildman–Crippen LogP) is 1.53. The van der Waals surface area contributed by atoms with Gasteiger partial charge in [0.15, 0.2) is 12.4 Å². The second-order valence-electron chi connectivity index (χ2n) is 3.48. The van der Waals surface area contributed by atoms with Gasteiger partial charge in [0.25, 0.3) is 0 Å². The molecule has 98 valence electrons. The first-order chi connectivity index (χ1) is 8.36. The van der Waals surface area contributed by atoms with Gasteiger partial charge >= 0.3 is 12.6 Å². The molecule has 1 atom stereocenters. The molecule has 0 spiro atoms. The van der Waals surface area contributed by atoms with Crippen LogP contribution in [0.25, 0.3) is 0 Å². The van der Waals surface area contributed by atoms with Crippen LogP contribution < -0.4 is 4.74 Å². The number of aryl methyl sites for hydroxylation is 1. The van der Waals surface area contributed by atoms with Crippen LogP contribution in [0.2, 0.25) is 0 Å². The predicted molar refractivity (Wildman–Crippen MR) is 55.8 cm³/mol. The number of carboxylic acids is 1. The smallest absolute Gasteiger partial charge is 0.387 e. The number of carboxylic acid groups (broad SMARTS) is 1. The van der Waals surface area contributed by atoms with Crippen molar-refractivity contribution in [1.29, 1.82) is 0 Å². The van der Waals surface area contributed by atoms with Crippen molar-refractivity contribution in [2.45, 2.75) is 19.6 Å². The van der Waals surface area contributed by atoms with Crippen LogP contribution >= 0.6 is 0 Å². The maximum atomic E-state index is 12.0. The van der Waals surface area contributed by atoms with Crippen molar-refractivity contribution in [2.75, 3.05) is 0 Å². The second kappa shape index (κ2) is 5.54. The number of rotatable bonds is 5. The lowest BCUT2D eigenvalue weighted by atomic mass is 9.97. The highest BCUT2D eigenvalue weighted by molar-refractivity contribution is 5.84. The summed E-state index contributed by atoms with van der Waals surface area (Å²) in [6.07, 6.45) is -1.63. The van der Waals surface area contributed by atoms with Gasteiger partial charge in [0.1, 0.15) is 5.75 Å². The molecular formula is C11H10F2O5. The minimum atomic E-state index is -3.06. The lowest BCUT2D eigenvalue weighted by molar-refractivity contribution is -0.147. The van der Waals surface area contributed by atoms with Crippen LogP contribution in [0, 0.1) is 6.92 Å². The van der Waals surface area contributed by atoms with Gasteiger partial charge in [-0.25, -0.2) is 4.79 Å². The maximum Gasteiger partial charge on any atom is 0.387 e. The van der Waals surface area contributed by atoms with Crippen LogP contribution in [0.3, 0.4) is 0 Å². The molecule has 18 heavy (non-hydrogen) atoms. The van der Waals surface area contributed by atoms with Gasteiger partial charge in [-0.05, 0) is 24.6 Å². The molecule has 1 aromatic carbocycles. The van der Waals surface area contributed by atoms with E-state index in [2.05, 4.69) is 4.74 Å². The van der Waals surface area contributed by atoms with E-state index in [-0.39, 0.29) is 28.7 Å². The molecule has 0 bridgehead atoms. The number of ether oxygens (including phenoxy) is 1. The molecule has 7 heteroatoms. The van der Waals surface area contributed by atoms with Crippen LogP contribution in [-0.4, -0.2) is 29.1 Å². The van der Waals surface area contributed by atoms with E-state index in [1.165, 1.54) is 6.92 Å². The number of alkyl halides is 2. The Kier molecular flexibility index (Phi) is 4.33. The molecule has 1 unspecified atom stereocenters. The minimum absolute atomic E-state index is 0.140. The fourth-order valence-electron chi connectivity index (χ4n) is 1.56. The highest BCUT2D eigenvalue weighted by Crippen LogP contribution is 2.27. The first kappa shape index (κ1) is 14.0. The van der Waals surface area contributed by atoms with Gasteiger partial charge in [-0.1, -0.05) is 0 Å². The van der Waals surface area contributed by atoms with Gasteiger partial charge in [-0.2, -0.15) is 8.78 Å². The van der Waals surface area contributed by atoms with Crippen molar-refractivity contribution in [2.24, 2.45) is 0 Å². The molecule has 0 aromatic heterocycles. The summed E-state index contributed by atoms with van der Waals surface area (Å²) >= 11 is 0. The fourth-order valence-corrected chi connectivity index (χ4v) is 1.56. The Labute approximate surface area is 101 Å². The molecule has 0 aliphatic rings. The fraction of sp³-hybridized carbons (Fsp3) is 0.273. The van der Waals surface area contributed by atoms with E-state index in [1.54, 1.807) is 0 Å². The van der Waals surface area contributed by atoms with E-state index in [1.807, 2.05) is 0 Å². The third kappa shape index (κ3) is 3.01. The normalized spacial score (nSPS) is 12.3. The Bertz CT molecular complexity index is 473. The Morgan fingerprint density at radius 3 is 2.50 bits per heavy atom. The number of halogens is 2. The van der Waals surface area contributed by atoms with E-state index < -0.39 is 18.7 Å². The first-order valence-electron chi connectivity index (χ1n) is 4.82. The number of aldehydes is 1. The zero-order chi connectivity index (χ0) is 13.9. The maximum absolute atomic E-state index is 12.0. The van der Waals surface area contributed by atoms with Gasteiger partial charge in [0.2, 0.25) is 0 Å². The van der Waals surface area contributed by atoms with Crippen LogP contribution in [0.15, 0.2) is 12.1 Å². The average Bonchev–Trinajstić information content (AvgIpc) is 2.26. The molecule has 0 saturated heterocycles. The van der Waals surface area contributed by atoms with E-state index in [4.69, 9.17) is 5.11 Å². The number of carbonyl (C=O) groups is 2. The third-order valence-electron chi connectivity index (χ3n) is 2.25. The molecule has 0 heterocycles. The molecule has 0 saturated carbocycles. The molecule has 0 radical (unpaired) electrons. The SMILES string of the molecule is Cc1cc(OC(F)F)cc(C=O)c1C(O)C(=O)O. The molecule has 1 aromatic rings. The highest BCUT2D eigenvalue weighted by atomic mass is 19.3. The van der Waals surface area contributed by atoms with Crippen molar-refractivity contribution < 1.29 is 33.3 Å². The number of aliphatic hydroxyl groups excluding tert-OH is 1. The van der Waals surface area contributed by atoms with Gasteiger partial charge in [0.05, 0.1) is 0 Å². The quantitative estimate of drug-likeness (QED) is 0.784. The zero-order valence-electron chi connectivity index (χ0n) is 9.26. The lowest BCUT2D eigenvalue weighted by Gasteiger charge is -2.14. The molecule has 5 nitrogen and oxygen atoms in total. The van der Waals surface area contributed by atoms with Crippen molar-refractivity contribution in [3.8, 4) is 5.75 Å². The zero-order valence-corrected chi connectivity index (χ0v) is 9.26. The van der Waals surface area contributed by atoms with Gasteiger partial charge in [-0.15, -0.1) is 0 Å². The topological polar surface area (TPSA) is 83.8 Å². The van der Waals surface area contributed by atoms with Crippen LogP contribution in [0.1, 0.15) is 27.6 Å². The number of carbonyl (C=O) groups excluding carboxylic acids is 1. The first-order valence-corrected chi connectivity index (χ1v) is 4.82. The Morgan fingerprint density at radius 1 is 1.44 bits per heavy atom. The van der Waals surface area contributed by atoms with E-state index >= 15 is 0 Å². The number of aliphatic hydroxyl groups is 1. The molecular weight excluding hydrogens is 250 g/mol. The summed E-state index contributed by atoms with van der Waals surface area (Å²) in [6, 6.07) is 2.08. The summed E-state index contributed by atoms with van der Waals surface area (Å²) in [5.41, 5.74) is -0.176. The van der Waals surface area contributed by atoms with E-state index in [0.29, 0.717) is 0 Å². The van der Waals surface area contributed by atoms with E-state index in [9.17, 15) is 23.5 Å². The van der Waals surface area contributed by atoms with Crippen molar-refractivity contribution in [1.82, 2.24) is 0 Å². The van der Waals surface area contributed by atoms with Gasteiger partial charge in [0, 0.05) is 11.1 Å². The Balaban J connectivity index is 3.28. The monoisotopic (exact) mass is 260 g/mol.